The van der Waals surface area contributed by atoms with E-state index in [2.05, 4.69) is 21.8 Å². The zero-order valence-corrected chi connectivity index (χ0v) is 13.9. The summed E-state index contributed by atoms with van der Waals surface area (Å²) in [5, 5.41) is 10.6. The van der Waals surface area contributed by atoms with E-state index in [4.69, 9.17) is 0 Å². The molecule has 0 unspecified atom stereocenters. The molecule has 0 fully saturated rings. The number of hydrogen-bond acceptors (Lipinski definition) is 3. The van der Waals surface area contributed by atoms with Crippen molar-refractivity contribution in [3.63, 3.8) is 0 Å². The second kappa shape index (κ2) is 6.64. The van der Waals surface area contributed by atoms with Gasteiger partial charge >= 0.3 is 0 Å². The second-order valence-corrected chi connectivity index (χ2v) is 5.91. The second-order valence-electron chi connectivity index (χ2n) is 5.91. The largest absolute Gasteiger partial charge is 0.367 e. The molecule has 0 aliphatic rings. The van der Waals surface area contributed by atoms with Crippen LogP contribution in [0.2, 0.25) is 0 Å². The normalized spacial score (nSPS) is 12.0. The number of amides is 1. The van der Waals surface area contributed by atoms with E-state index < -0.39 is 0 Å². The molecule has 0 radical (unpaired) electrons. The molecule has 2 aromatic rings. The summed E-state index contributed by atoms with van der Waals surface area (Å²) in [4.78, 5) is 12.2. The van der Waals surface area contributed by atoms with Gasteiger partial charge in [-0.25, -0.2) is 0 Å². The average molecular weight is 300 g/mol. The number of aryl methyl sites for hydroxylation is 4. The van der Waals surface area contributed by atoms with Crippen LogP contribution in [0.1, 0.15) is 30.2 Å². The van der Waals surface area contributed by atoms with Gasteiger partial charge in [-0.2, -0.15) is 5.10 Å². The van der Waals surface area contributed by atoms with Crippen LogP contribution in [0, 0.1) is 20.8 Å². The highest BCUT2D eigenvalue weighted by molar-refractivity contribution is 5.92. The minimum absolute atomic E-state index is 0.00541. The molecular weight excluding hydrogens is 276 g/mol. The summed E-state index contributed by atoms with van der Waals surface area (Å²) in [5.41, 5.74) is 4.10. The summed E-state index contributed by atoms with van der Waals surface area (Å²) >= 11 is 0. The molecular formula is C17H24N4O. The maximum absolute atomic E-state index is 12.2. The van der Waals surface area contributed by atoms with Crippen LogP contribution >= 0.6 is 0 Å². The average Bonchev–Trinajstić information content (AvgIpc) is 2.71. The molecule has 2 rings (SSSR count). The van der Waals surface area contributed by atoms with E-state index in [0.717, 1.165) is 22.8 Å². The van der Waals surface area contributed by atoms with Gasteiger partial charge in [0.1, 0.15) is 5.82 Å². The molecule has 0 spiro atoms. The Labute approximate surface area is 131 Å². The zero-order valence-electron chi connectivity index (χ0n) is 13.9. The number of aromatic nitrogens is 2. The van der Waals surface area contributed by atoms with E-state index in [1.54, 1.807) is 4.68 Å². The van der Waals surface area contributed by atoms with Crippen molar-refractivity contribution in [2.45, 2.75) is 40.2 Å². The van der Waals surface area contributed by atoms with Gasteiger partial charge in [-0.3, -0.25) is 9.48 Å². The first-order chi connectivity index (χ1) is 10.3. The summed E-state index contributed by atoms with van der Waals surface area (Å²) in [5.74, 6) is 0.926. The Morgan fingerprint density at radius 1 is 1.27 bits per heavy atom. The molecule has 1 aromatic carbocycles. The highest BCUT2D eigenvalue weighted by Gasteiger charge is 2.12. The highest BCUT2D eigenvalue weighted by atomic mass is 16.1. The van der Waals surface area contributed by atoms with Crippen molar-refractivity contribution in [3.05, 3.63) is 41.1 Å². The van der Waals surface area contributed by atoms with E-state index in [1.807, 2.05) is 52.9 Å². The van der Waals surface area contributed by atoms with Crippen molar-refractivity contribution in [2.75, 3.05) is 10.6 Å². The first-order valence-electron chi connectivity index (χ1n) is 7.49. The monoisotopic (exact) mass is 300 g/mol. The van der Waals surface area contributed by atoms with Gasteiger partial charge in [0.15, 0.2) is 0 Å². The fourth-order valence-electron chi connectivity index (χ4n) is 2.48. The number of anilines is 2. The third-order valence-electron chi connectivity index (χ3n) is 3.54. The van der Waals surface area contributed by atoms with E-state index in [9.17, 15) is 4.79 Å². The van der Waals surface area contributed by atoms with Crippen LogP contribution < -0.4 is 10.6 Å². The topological polar surface area (TPSA) is 59.0 Å². The maximum Gasteiger partial charge on any atom is 0.226 e. The maximum atomic E-state index is 12.2. The number of rotatable bonds is 5. The molecule has 5 nitrogen and oxygen atoms in total. The van der Waals surface area contributed by atoms with Gasteiger partial charge in [0, 0.05) is 31.3 Å². The van der Waals surface area contributed by atoms with Crippen molar-refractivity contribution < 1.29 is 4.79 Å². The summed E-state index contributed by atoms with van der Waals surface area (Å²) in [7, 11) is 1.89. The Morgan fingerprint density at radius 2 is 2.00 bits per heavy atom. The summed E-state index contributed by atoms with van der Waals surface area (Å²) < 4.78 is 1.79. The lowest BCUT2D eigenvalue weighted by Crippen LogP contribution is -2.25. The number of hydrogen-bond donors (Lipinski definition) is 2. The van der Waals surface area contributed by atoms with Crippen LogP contribution in [-0.4, -0.2) is 21.7 Å². The van der Waals surface area contributed by atoms with Gasteiger partial charge in [-0.15, -0.1) is 0 Å². The van der Waals surface area contributed by atoms with Crippen molar-refractivity contribution in [2.24, 2.45) is 7.05 Å². The molecule has 0 saturated carbocycles. The van der Waals surface area contributed by atoms with Gasteiger partial charge in [-0.05, 0) is 39.3 Å². The van der Waals surface area contributed by atoms with Crippen molar-refractivity contribution in [3.8, 4) is 0 Å². The Hall–Kier alpha value is -2.30. The SMILES string of the molecule is Cc1ccc(NC(=O)C[C@@H](C)Nc2cc(C)nn2C)c(C)c1. The van der Waals surface area contributed by atoms with Crippen LogP contribution in [0.15, 0.2) is 24.3 Å². The third kappa shape index (κ3) is 4.10. The summed E-state index contributed by atoms with van der Waals surface area (Å²) in [6.45, 7) is 7.98. The van der Waals surface area contributed by atoms with Crippen LogP contribution in [0.5, 0.6) is 0 Å². The molecule has 1 amide bonds. The van der Waals surface area contributed by atoms with Crippen LogP contribution in [0.4, 0.5) is 11.5 Å². The summed E-state index contributed by atoms with van der Waals surface area (Å²) in [6, 6.07) is 8.02. The van der Waals surface area contributed by atoms with Crippen molar-refractivity contribution in [1.82, 2.24) is 9.78 Å². The first-order valence-corrected chi connectivity index (χ1v) is 7.49. The number of nitrogens with one attached hydrogen (secondary N) is 2. The van der Waals surface area contributed by atoms with Gasteiger partial charge in [0.05, 0.1) is 5.69 Å². The van der Waals surface area contributed by atoms with Gasteiger partial charge in [0.25, 0.3) is 0 Å². The van der Waals surface area contributed by atoms with Gasteiger partial charge in [-0.1, -0.05) is 17.7 Å². The van der Waals surface area contributed by atoms with E-state index >= 15 is 0 Å². The molecule has 0 aliphatic heterocycles. The number of carbonyl (C=O) groups excluding carboxylic acids is 1. The van der Waals surface area contributed by atoms with Crippen molar-refractivity contribution in [1.29, 1.82) is 0 Å². The third-order valence-corrected chi connectivity index (χ3v) is 3.54. The molecule has 0 aliphatic carbocycles. The fraction of sp³-hybridized carbons (Fsp3) is 0.412. The van der Waals surface area contributed by atoms with Crippen molar-refractivity contribution >= 4 is 17.4 Å². The van der Waals surface area contributed by atoms with E-state index in [0.29, 0.717) is 6.42 Å². The number of nitrogens with zero attached hydrogens (tertiary/aromatic N) is 2. The smallest absolute Gasteiger partial charge is 0.226 e. The molecule has 2 N–H and O–H groups in total. The quantitative estimate of drug-likeness (QED) is 0.891. The van der Waals surface area contributed by atoms with E-state index in [-0.39, 0.29) is 11.9 Å². The fourth-order valence-corrected chi connectivity index (χ4v) is 2.48. The van der Waals surface area contributed by atoms with Crippen LogP contribution in [0.25, 0.3) is 0 Å². The van der Waals surface area contributed by atoms with Crippen LogP contribution in [0.3, 0.4) is 0 Å². The highest BCUT2D eigenvalue weighted by Crippen LogP contribution is 2.17. The zero-order chi connectivity index (χ0) is 16.3. The summed E-state index contributed by atoms with van der Waals surface area (Å²) in [6.07, 6.45) is 0.400. The number of benzene rings is 1. The predicted octanol–water partition coefficient (Wildman–Crippen LogP) is 3.17. The number of carbonyl (C=O) groups is 1. The Morgan fingerprint density at radius 3 is 2.59 bits per heavy atom. The van der Waals surface area contributed by atoms with Crippen LogP contribution in [-0.2, 0) is 11.8 Å². The lowest BCUT2D eigenvalue weighted by Gasteiger charge is -2.15. The molecule has 0 saturated heterocycles. The predicted molar refractivity (Wildman–Crippen MR) is 90.2 cm³/mol. The van der Waals surface area contributed by atoms with Gasteiger partial charge in [0.2, 0.25) is 5.91 Å². The molecule has 1 aromatic heterocycles. The minimum atomic E-state index is 0.00541. The van der Waals surface area contributed by atoms with E-state index in [1.165, 1.54) is 5.56 Å². The molecule has 0 bridgehead atoms. The Bertz CT molecular complexity index is 675. The molecule has 5 heteroatoms. The lowest BCUT2D eigenvalue weighted by atomic mass is 10.1. The Kier molecular flexibility index (Phi) is 4.85. The minimum Gasteiger partial charge on any atom is -0.367 e. The molecule has 22 heavy (non-hydrogen) atoms. The standard InChI is InChI=1S/C17H24N4O/c1-11-6-7-15(12(2)8-11)19-17(22)10-13(3)18-16-9-14(4)20-21(16)5/h6-9,13,18H,10H2,1-5H3,(H,19,22)/t13-/m1/s1. The molecule has 118 valence electrons. The molecule has 1 heterocycles. The van der Waals surface area contributed by atoms with Gasteiger partial charge < -0.3 is 10.6 Å². The first kappa shape index (κ1) is 16.1. The lowest BCUT2D eigenvalue weighted by molar-refractivity contribution is -0.116. The molecule has 1 atom stereocenters. The Balaban J connectivity index is 1.92.